The number of ether oxygens (including phenoxy) is 3. The summed E-state index contributed by atoms with van der Waals surface area (Å²) >= 11 is 0.818. The van der Waals surface area contributed by atoms with Gasteiger partial charge in [-0.15, -0.1) is 0 Å². The number of aromatic nitrogens is 6. The van der Waals surface area contributed by atoms with E-state index in [4.69, 9.17) is 18.5 Å². The number of nitrogens with one attached hydrogen (secondary N) is 1. The van der Waals surface area contributed by atoms with Crippen LogP contribution in [0, 0.1) is 11.6 Å². The molecule has 0 unspecified atom stereocenters. The van der Waals surface area contributed by atoms with E-state index in [2.05, 4.69) is 30.1 Å². The van der Waals surface area contributed by atoms with Crippen LogP contribution in [-0.4, -0.2) is 72.9 Å². The second kappa shape index (κ2) is 18.0. The molecule has 1 N–H and O–H groups in total. The van der Waals surface area contributed by atoms with Crippen molar-refractivity contribution >= 4 is 46.2 Å². The van der Waals surface area contributed by atoms with Gasteiger partial charge in [0.05, 0.1) is 13.7 Å². The topological polar surface area (TPSA) is 174 Å². The van der Waals surface area contributed by atoms with Crippen molar-refractivity contribution in [1.29, 1.82) is 0 Å². The average molecular weight is 791 g/mol. The smallest absolute Gasteiger partial charge is 0.409 e. The average Bonchev–Trinajstić information content (AvgIpc) is 3.20. The maximum absolute atomic E-state index is 13.9. The highest BCUT2D eigenvalue weighted by molar-refractivity contribution is 7.94. The summed E-state index contributed by atoms with van der Waals surface area (Å²) in [5, 5.41) is 4.70. The number of likely N-dealkylation sites (tertiary alicyclic amines) is 1. The van der Waals surface area contributed by atoms with Crippen molar-refractivity contribution in [2.24, 2.45) is 14.1 Å². The third-order valence-corrected chi connectivity index (χ3v) is 9.00. The van der Waals surface area contributed by atoms with Crippen molar-refractivity contribution < 1.29 is 37.0 Å². The Hall–Kier alpha value is -6.18. The van der Waals surface area contributed by atoms with Gasteiger partial charge in [0.2, 0.25) is 11.1 Å². The van der Waals surface area contributed by atoms with Gasteiger partial charge in [-0.1, -0.05) is 24.3 Å². The van der Waals surface area contributed by atoms with Crippen LogP contribution < -0.4 is 25.9 Å². The van der Waals surface area contributed by atoms with Gasteiger partial charge in [0.15, 0.2) is 34.6 Å². The number of rotatable bonds is 10. The van der Waals surface area contributed by atoms with E-state index >= 15 is 0 Å². The third kappa shape index (κ3) is 9.19. The predicted octanol–water partition coefficient (Wildman–Crippen LogP) is 6.14. The summed E-state index contributed by atoms with van der Waals surface area (Å²) < 4.78 is 50.9. The molecule has 1 aliphatic heterocycles. The van der Waals surface area contributed by atoms with Crippen molar-refractivity contribution in [2.45, 2.75) is 31.0 Å². The minimum absolute atomic E-state index is 0.0132. The van der Waals surface area contributed by atoms with Crippen molar-refractivity contribution in [3.63, 3.8) is 0 Å². The molecule has 2 aromatic carbocycles. The minimum atomic E-state index is -0.556. The highest BCUT2D eigenvalue weighted by Crippen LogP contribution is 2.26. The van der Waals surface area contributed by atoms with Crippen LogP contribution in [-0.2, 0) is 28.1 Å². The predicted molar refractivity (Wildman–Crippen MR) is 202 cm³/mol. The Bertz CT molecular complexity index is 2480. The molecule has 0 aliphatic carbocycles. The molecule has 4 aromatic heterocycles. The number of carbonyl (C=O) groups is 1. The highest BCUT2D eigenvalue weighted by atomic mass is 32.2. The number of hydrogen-bond acceptors (Lipinski definition) is 14. The van der Waals surface area contributed by atoms with Gasteiger partial charge in [0.1, 0.15) is 23.3 Å². The first-order chi connectivity index (χ1) is 27.1. The Morgan fingerprint density at radius 2 is 1.36 bits per heavy atom. The minimum Gasteiger partial charge on any atom is -0.450 e. The summed E-state index contributed by atoms with van der Waals surface area (Å²) in [6.45, 7) is 3.30. The molecule has 56 heavy (non-hydrogen) atoms. The van der Waals surface area contributed by atoms with Crippen LogP contribution >= 0.6 is 12.0 Å². The van der Waals surface area contributed by atoms with Crippen molar-refractivity contribution in [2.75, 3.05) is 32.1 Å². The molecule has 0 saturated carbocycles. The fourth-order valence-electron chi connectivity index (χ4n) is 5.63. The van der Waals surface area contributed by atoms with Crippen LogP contribution in [0.5, 0.6) is 23.0 Å². The number of benzene rings is 2. The van der Waals surface area contributed by atoms with Crippen molar-refractivity contribution in [3.8, 4) is 23.0 Å². The lowest BCUT2D eigenvalue weighted by Gasteiger charge is -2.31. The zero-order chi connectivity index (χ0) is 39.8. The molecule has 1 aliphatic rings. The molecule has 6 aromatic rings. The maximum atomic E-state index is 13.9. The number of piperidine rings is 1. The monoisotopic (exact) mass is 790 g/mol. The molecule has 1 fully saturated rings. The van der Waals surface area contributed by atoms with E-state index in [0.29, 0.717) is 47.7 Å². The lowest BCUT2D eigenvalue weighted by atomic mass is 10.1. The quantitative estimate of drug-likeness (QED) is 0.0726. The van der Waals surface area contributed by atoms with Crippen LogP contribution in [0.25, 0.3) is 22.1 Å². The van der Waals surface area contributed by atoms with Gasteiger partial charge in [-0.25, -0.2) is 33.4 Å². The van der Waals surface area contributed by atoms with Gasteiger partial charge in [-0.3, -0.25) is 18.7 Å². The molecule has 19 heteroatoms. The van der Waals surface area contributed by atoms with E-state index in [-0.39, 0.29) is 40.3 Å². The number of aryl methyl sites for hydroxylation is 2. The second-order valence-electron chi connectivity index (χ2n) is 12.1. The van der Waals surface area contributed by atoms with Gasteiger partial charge in [-0.2, -0.15) is 9.32 Å². The molecule has 0 bridgehead atoms. The number of halogens is 2. The second-order valence-corrected chi connectivity index (χ2v) is 12.8. The summed E-state index contributed by atoms with van der Waals surface area (Å²) in [5.41, 5.74) is -0.0726. The van der Waals surface area contributed by atoms with Gasteiger partial charge in [0.25, 0.3) is 11.1 Å². The van der Waals surface area contributed by atoms with Crippen LogP contribution in [0.1, 0.15) is 19.8 Å². The molecule has 5 heterocycles. The molecule has 0 radical (unpaired) electrons. The molecule has 0 atom stereocenters. The van der Waals surface area contributed by atoms with Gasteiger partial charge in [0, 0.05) is 56.4 Å². The van der Waals surface area contributed by atoms with Gasteiger partial charge < -0.3 is 24.4 Å². The van der Waals surface area contributed by atoms with E-state index in [0.717, 1.165) is 24.9 Å². The normalized spacial score (nSPS) is 12.9. The van der Waals surface area contributed by atoms with Gasteiger partial charge in [-0.05, 0) is 56.2 Å². The number of nitrogens with zero attached hydrogens (tertiary/aromatic N) is 7. The molecule has 1 saturated heterocycles. The zero-order valence-corrected chi connectivity index (χ0v) is 31.4. The summed E-state index contributed by atoms with van der Waals surface area (Å²) in [6, 6.07) is 14.8. The Labute approximate surface area is 322 Å². The number of amides is 1. The summed E-state index contributed by atoms with van der Waals surface area (Å²) in [6.07, 6.45) is 4.27. The van der Waals surface area contributed by atoms with Crippen LogP contribution in [0.2, 0.25) is 0 Å². The molecule has 0 spiro atoms. The maximum Gasteiger partial charge on any atom is 0.409 e. The van der Waals surface area contributed by atoms with Gasteiger partial charge >= 0.3 is 6.09 Å². The third-order valence-electron chi connectivity index (χ3n) is 8.45. The van der Waals surface area contributed by atoms with E-state index in [1.165, 1.54) is 72.0 Å². The summed E-state index contributed by atoms with van der Waals surface area (Å²) in [4.78, 5) is 60.3. The van der Waals surface area contributed by atoms with E-state index in [1.807, 2.05) is 0 Å². The first kappa shape index (κ1) is 39.5. The summed E-state index contributed by atoms with van der Waals surface area (Å²) in [7, 11) is 4.47. The van der Waals surface area contributed by atoms with Crippen molar-refractivity contribution in [3.05, 3.63) is 105 Å². The molecule has 16 nitrogen and oxygen atoms in total. The molecule has 7 rings (SSSR count). The van der Waals surface area contributed by atoms with Crippen LogP contribution in [0.3, 0.4) is 0 Å². The highest BCUT2D eigenvalue weighted by Gasteiger charge is 2.24. The lowest BCUT2D eigenvalue weighted by molar-refractivity contribution is -0.160. The Balaban J connectivity index is 0.000000198. The lowest BCUT2D eigenvalue weighted by Crippen LogP contribution is -2.42. The number of pyridine rings is 2. The number of para-hydroxylation sites is 2. The SMILES string of the molecule is CCOC(=O)N1CCC(Nc2ncc3cc(Oc4ccccc4F)c(=O)n(C)c3n2)CC1.COOSc1ncc2cc(Oc3ccccc3F)c(=O)n(C)c2n1. The standard InChI is InChI=1S/C22H24FN5O4.C15H12FN3O4S/c1-3-31-22(30)28-10-8-15(9-11-28)25-21-24-13-14-12-18(20(29)27(2)19(14)26-21)32-17-7-5-4-6-16(17)23;1-19-13-9(8-17-15(18-13)24-23-21-2)7-12(14(19)20)22-11-6-4-3-5-10(11)16/h4-7,12-13,15H,3,8-11H2,1-2H3,(H,24,25,26);3-8H,1-2H3. The van der Waals surface area contributed by atoms with E-state index < -0.39 is 22.8 Å². The van der Waals surface area contributed by atoms with Crippen LogP contribution in [0.4, 0.5) is 19.5 Å². The fraction of sp³-hybridized carbons (Fsp3) is 0.270. The first-order valence-electron chi connectivity index (χ1n) is 17.2. The Kier molecular flexibility index (Phi) is 12.7. The molecular weight excluding hydrogens is 755 g/mol. The number of fused-ring (bicyclic) bond motifs is 2. The number of hydrogen-bond donors (Lipinski definition) is 1. The molecule has 1 amide bonds. The Morgan fingerprint density at radius 3 is 1.89 bits per heavy atom. The van der Waals surface area contributed by atoms with Crippen molar-refractivity contribution in [1.82, 2.24) is 34.0 Å². The first-order valence-corrected chi connectivity index (χ1v) is 17.9. The molecule has 292 valence electrons. The Morgan fingerprint density at radius 1 is 0.821 bits per heavy atom. The molecular formula is C37H36F2N8O8S. The summed E-state index contributed by atoms with van der Waals surface area (Å²) in [5.74, 6) is -0.815. The largest absolute Gasteiger partial charge is 0.450 e. The van der Waals surface area contributed by atoms with E-state index in [9.17, 15) is 23.2 Å². The van der Waals surface area contributed by atoms with Crippen LogP contribution in [0.15, 0.2) is 87.8 Å². The fourth-order valence-corrected chi connectivity index (χ4v) is 5.98. The number of carbonyl (C=O) groups excluding carboxylic acids is 1. The van der Waals surface area contributed by atoms with E-state index in [1.54, 1.807) is 43.3 Å². The number of anilines is 1. The zero-order valence-electron chi connectivity index (χ0n) is 30.6.